The van der Waals surface area contributed by atoms with Crippen molar-refractivity contribution in [3.63, 3.8) is 0 Å². The van der Waals surface area contributed by atoms with Crippen molar-refractivity contribution in [3.05, 3.63) is 40.6 Å². The van der Waals surface area contributed by atoms with Gasteiger partial charge in [0.15, 0.2) is 0 Å². The lowest BCUT2D eigenvalue weighted by Crippen LogP contribution is -2.21. The zero-order valence-electron chi connectivity index (χ0n) is 7.67. The summed E-state index contributed by atoms with van der Waals surface area (Å²) < 4.78 is 1.34. The van der Waals surface area contributed by atoms with Crippen molar-refractivity contribution >= 4 is 5.97 Å². The lowest BCUT2D eigenvalue weighted by molar-refractivity contribution is -0.131. The van der Waals surface area contributed by atoms with E-state index in [4.69, 9.17) is 5.11 Å². The Balaban J connectivity index is 2.81. The van der Waals surface area contributed by atoms with Gasteiger partial charge in [-0.3, -0.25) is 4.57 Å². The largest absolute Gasteiger partial charge is 0.478 e. The van der Waals surface area contributed by atoms with Gasteiger partial charge >= 0.3 is 11.7 Å². The van der Waals surface area contributed by atoms with Crippen LogP contribution < -0.4 is 5.69 Å². The first-order chi connectivity index (χ1) is 6.59. The Hall–Kier alpha value is -1.91. The summed E-state index contributed by atoms with van der Waals surface area (Å²) in [6.07, 6.45) is 5.49. The van der Waals surface area contributed by atoms with E-state index in [1.54, 1.807) is 6.20 Å². The Morgan fingerprint density at radius 3 is 3.07 bits per heavy atom. The molecule has 1 aromatic heterocycles. The highest BCUT2D eigenvalue weighted by atomic mass is 16.4. The van der Waals surface area contributed by atoms with Crippen molar-refractivity contribution < 1.29 is 9.90 Å². The van der Waals surface area contributed by atoms with E-state index in [0.717, 1.165) is 11.6 Å². The van der Waals surface area contributed by atoms with Gasteiger partial charge in [-0.2, -0.15) is 0 Å². The van der Waals surface area contributed by atoms with Crippen LogP contribution >= 0.6 is 0 Å². The van der Waals surface area contributed by atoms with Gasteiger partial charge in [0.1, 0.15) is 0 Å². The summed E-state index contributed by atoms with van der Waals surface area (Å²) in [6, 6.07) is 0. The third-order valence-electron chi connectivity index (χ3n) is 1.55. The molecule has 0 radical (unpaired) electrons. The van der Waals surface area contributed by atoms with E-state index in [1.807, 2.05) is 6.92 Å². The van der Waals surface area contributed by atoms with Crippen LogP contribution in [-0.4, -0.2) is 20.6 Å². The molecule has 0 saturated heterocycles. The molecule has 0 fully saturated rings. The Labute approximate surface area is 80.3 Å². The SMILES string of the molecule is Cc1cnc(=O)n(C/C=C/C(=O)O)c1. The molecule has 5 nitrogen and oxygen atoms in total. The first kappa shape index (κ1) is 10.2. The van der Waals surface area contributed by atoms with Crippen molar-refractivity contribution in [1.29, 1.82) is 0 Å². The minimum absolute atomic E-state index is 0.222. The Morgan fingerprint density at radius 1 is 1.71 bits per heavy atom. The van der Waals surface area contributed by atoms with Crippen LogP contribution in [0.5, 0.6) is 0 Å². The monoisotopic (exact) mass is 194 g/mol. The predicted octanol–water partition coefficient (Wildman–Crippen LogP) is 0.193. The maximum atomic E-state index is 11.1. The quantitative estimate of drug-likeness (QED) is 0.697. The van der Waals surface area contributed by atoms with Gasteiger partial charge in [0, 0.05) is 25.0 Å². The molecule has 5 heteroatoms. The highest BCUT2D eigenvalue weighted by molar-refractivity contribution is 5.79. The number of aliphatic carboxylic acids is 1. The number of carbonyl (C=O) groups is 1. The van der Waals surface area contributed by atoms with Crippen molar-refractivity contribution in [3.8, 4) is 0 Å². The molecule has 0 aliphatic heterocycles. The van der Waals surface area contributed by atoms with Gasteiger partial charge in [-0.1, -0.05) is 6.08 Å². The van der Waals surface area contributed by atoms with Crippen LogP contribution in [0, 0.1) is 6.92 Å². The summed E-state index contributed by atoms with van der Waals surface area (Å²) in [5.74, 6) is -1.03. The first-order valence-corrected chi connectivity index (χ1v) is 4.02. The molecule has 1 N–H and O–H groups in total. The van der Waals surface area contributed by atoms with Crippen molar-refractivity contribution in [2.75, 3.05) is 0 Å². The molecule has 0 aliphatic carbocycles. The lowest BCUT2D eigenvalue weighted by atomic mass is 10.4. The molecular weight excluding hydrogens is 184 g/mol. The smallest absolute Gasteiger partial charge is 0.347 e. The molecular formula is C9H10N2O3. The van der Waals surface area contributed by atoms with E-state index < -0.39 is 5.97 Å². The highest BCUT2D eigenvalue weighted by Crippen LogP contribution is 1.89. The number of hydrogen-bond donors (Lipinski definition) is 1. The molecule has 0 saturated carbocycles. The molecule has 0 amide bonds. The van der Waals surface area contributed by atoms with Crippen LogP contribution in [0.15, 0.2) is 29.3 Å². The van der Waals surface area contributed by atoms with E-state index in [9.17, 15) is 9.59 Å². The first-order valence-electron chi connectivity index (χ1n) is 4.02. The second kappa shape index (κ2) is 4.36. The highest BCUT2D eigenvalue weighted by Gasteiger charge is 1.94. The average Bonchev–Trinajstić information content (AvgIpc) is 2.10. The third-order valence-corrected chi connectivity index (χ3v) is 1.55. The molecule has 0 bridgehead atoms. The summed E-state index contributed by atoms with van der Waals surface area (Å²) in [7, 11) is 0. The molecule has 0 aromatic carbocycles. The van der Waals surface area contributed by atoms with Crippen molar-refractivity contribution in [2.45, 2.75) is 13.5 Å². The number of aromatic nitrogens is 2. The van der Waals surface area contributed by atoms with Crippen LogP contribution in [0.2, 0.25) is 0 Å². The van der Waals surface area contributed by atoms with Crippen molar-refractivity contribution in [1.82, 2.24) is 9.55 Å². The topological polar surface area (TPSA) is 72.2 Å². The van der Waals surface area contributed by atoms with Gasteiger partial charge in [-0.05, 0) is 12.5 Å². The number of allylic oxidation sites excluding steroid dienone is 1. The van der Waals surface area contributed by atoms with Crippen LogP contribution in [0.4, 0.5) is 0 Å². The van der Waals surface area contributed by atoms with Gasteiger partial charge in [-0.25, -0.2) is 14.6 Å². The normalized spacial score (nSPS) is 10.6. The molecule has 0 aliphatic rings. The van der Waals surface area contributed by atoms with Gasteiger partial charge in [0.05, 0.1) is 0 Å². The molecule has 1 aromatic rings. The average molecular weight is 194 g/mol. The van der Waals surface area contributed by atoms with E-state index >= 15 is 0 Å². The van der Waals surface area contributed by atoms with Crippen LogP contribution in [0.3, 0.4) is 0 Å². The minimum atomic E-state index is -1.03. The number of hydrogen-bond acceptors (Lipinski definition) is 3. The summed E-state index contributed by atoms with van der Waals surface area (Å²) in [5.41, 5.74) is 0.471. The number of carboxylic acids is 1. The fourth-order valence-electron chi connectivity index (χ4n) is 0.963. The molecule has 0 spiro atoms. The Morgan fingerprint density at radius 2 is 2.43 bits per heavy atom. The molecule has 1 rings (SSSR count). The zero-order chi connectivity index (χ0) is 10.6. The zero-order valence-corrected chi connectivity index (χ0v) is 7.67. The van der Waals surface area contributed by atoms with Crippen molar-refractivity contribution in [2.24, 2.45) is 0 Å². The summed E-state index contributed by atoms with van der Waals surface area (Å²) >= 11 is 0. The van der Waals surface area contributed by atoms with Crippen LogP contribution in [0.1, 0.15) is 5.56 Å². The number of nitrogens with zero attached hydrogens (tertiary/aromatic N) is 2. The molecule has 0 atom stereocenters. The fraction of sp³-hybridized carbons (Fsp3) is 0.222. The van der Waals surface area contributed by atoms with E-state index in [-0.39, 0.29) is 12.2 Å². The Bertz CT molecular complexity index is 420. The summed E-state index contributed by atoms with van der Waals surface area (Å²) in [6.45, 7) is 2.03. The third kappa shape index (κ3) is 2.85. The summed E-state index contributed by atoms with van der Waals surface area (Å²) in [4.78, 5) is 24.9. The molecule has 1 heterocycles. The number of rotatable bonds is 3. The van der Waals surface area contributed by atoms with Gasteiger partial charge in [0.2, 0.25) is 0 Å². The summed E-state index contributed by atoms with van der Waals surface area (Å²) in [5, 5.41) is 8.33. The van der Waals surface area contributed by atoms with Gasteiger partial charge < -0.3 is 5.11 Å². The second-order valence-corrected chi connectivity index (χ2v) is 2.81. The van der Waals surface area contributed by atoms with E-state index in [2.05, 4.69) is 4.98 Å². The minimum Gasteiger partial charge on any atom is -0.478 e. The molecule has 74 valence electrons. The van der Waals surface area contributed by atoms with E-state index in [1.165, 1.54) is 16.8 Å². The number of carboxylic acid groups (broad SMARTS) is 1. The fourth-order valence-corrected chi connectivity index (χ4v) is 0.963. The standard InChI is InChI=1S/C9H10N2O3/c1-7-5-10-9(14)11(6-7)4-2-3-8(12)13/h2-3,5-6H,4H2,1H3,(H,12,13)/b3-2+. The van der Waals surface area contributed by atoms with E-state index in [0.29, 0.717) is 0 Å². The Kier molecular flexibility index (Phi) is 3.17. The second-order valence-electron chi connectivity index (χ2n) is 2.81. The maximum Gasteiger partial charge on any atom is 0.347 e. The lowest BCUT2D eigenvalue weighted by Gasteiger charge is -2.00. The molecule has 0 unspecified atom stereocenters. The maximum absolute atomic E-state index is 11.1. The number of aryl methyl sites for hydroxylation is 1. The van der Waals surface area contributed by atoms with Crippen LogP contribution in [0.25, 0.3) is 0 Å². The molecule has 14 heavy (non-hydrogen) atoms. The van der Waals surface area contributed by atoms with Crippen LogP contribution in [-0.2, 0) is 11.3 Å². The predicted molar refractivity (Wildman–Crippen MR) is 50.0 cm³/mol. The van der Waals surface area contributed by atoms with Gasteiger partial charge in [-0.15, -0.1) is 0 Å². The van der Waals surface area contributed by atoms with Gasteiger partial charge in [0.25, 0.3) is 0 Å².